The molecule has 4 rings (SSSR count). The maximum atomic E-state index is 13.3. The molecule has 1 N–H and O–H groups in total. The van der Waals surface area contributed by atoms with Crippen LogP contribution >= 0.6 is 0 Å². The third-order valence-corrected chi connectivity index (χ3v) is 5.96. The van der Waals surface area contributed by atoms with Gasteiger partial charge in [0, 0.05) is 55.6 Å². The molecule has 7 nitrogen and oxygen atoms in total. The number of nitrogens with zero attached hydrogens (tertiary/aromatic N) is 4. The van der Waals surface area contributed by atoms with Crippen molar-refractivity contribution >= 4 is 5.91 Å². The van der Waals surface area contributed by atoms with Crippen molar-refractivity contribution in [1.29, 1.82) is 0 Å². The van der Waals surface area contributed by atoms with Gasteiger partial charge in [0.25, 0.3) is 5.91 Å². The number of hydrogen-bond acceptors (Lipinski definition) is 4. The van der Waals surface area contributed by atoms with E-state index in [0.29, 0.717) is 25.2 Å². The highest BCUT2D eigenvalue weighted by Gasteiger charge is 2.21. The molecule has 174 valence electrons. The molecular formula is C27H29N5O2. The van der Waals surface area contributed by atoms with Gasteiger partial charge in [-0.05, 0) is 43.5 Å². The average Bonchev–Trinajstić information content (AvgIpc) is 3.35. The van der Waals surface area contributed by atoms with Crippen LogP contribution in [-0.4, -0.2) is 31.6 Å². The van der Waals surface area contributed by atoms with Crippen LogP contribution in [0.5, 0.6) is 0 Å². The van der Waals surface area contributed by atoms with E-state index in [4.69, 9.17) is 0 Å². The predicted octanol–water partition coefficient (Wildman–Crippen LogP) is 3.52. The first-order valence-electron chi connectivity index (χ1n) is 11.4. The summed E-state index contributed by atoms with van der Waals surface area (Å²) < 4.78 is 4.00. The van der Waals surface area contributed by atoms with E-state index in [1.165, 1.54) is 0 Å². The molecule has 0 aliphatic rings. The maximum Gasteiger partial charge on any atom is 0.257 e. The first-order valence-corrected chi connectivity index (χ1v) is 11.4. The van der Waals surface area contributed by atoms with Gasteiger partial charge in [0.2, 0.25) is 0 Å². The molecular weight excluding hydrogens is 426 g/mol. The Hall–Kier alpha value is -4.00. The molecule has 0 aliphatic heterocycles. The quantitative estimate of drug-likeness (QED) is 0.392. The van der Waals surface area contributed by atoms with Crippen LogP contribution in [0.15, 0.2) is 78.2 Å². The molecule has 1 aromatic carbocycles. The summed E-state index contributed by atoms with van der Waals surface area (Å²) in [4.78, 5) is 34.9. The summed E-state index contributed by atoms with van der Waals surface area (Å²) in [5.74, 6) is -0.339. The highest BCUT2D eigenvalue weighted by atomic mass is 16.2. The van der Waals surface area contributed by atoms with Gasteiger partial charge in [-0.3, -0.25) is 14.6 Å². The molecule has 0 unspecified atom stereocenters. The third-order valence-electron chi connectivity index (χ3n) is 5.96. The largest absolute Gasteiger partial charge is 0.352 e. The second-order valence-electron chi connectivity index (χ2n) is 8.39. The lowest BCUT2D eigenvalue weighted by Crippen LogP contribution is -2.34. The van der Waals surface area contributed by atoms with Gasteiger partial charge >= 0.3 is 0 Å². The number of hydrogen-bond donors (Lipinski definition) is 1. The van der Waals surface area contributed by atoms with E-state index in [2.05, 4.69) is 15.3 Å². The average molecular weight is 456 g/mol. The van der Waals surface area contributed by atoms with E-state index in [9.17, 15) is 9.59 Å². The Morgan fingerprint density at radius 1 is 1.06 bits per heavy atom. The van der Waals surface area contributed by atoms with Crippen molar-refractivity contribution in [1.82, 2.24) is 24.4 Å². The number of rotatable bonds is 9. The molecule has 1 amide bonds. The summed E-state index contributed by atoms with van der Waals surface area (Å²) in [6.45, 7) is 5.64. The molecule has 0 atom stereocenters. The van der Waals surface area contributed by atoms with Crippen LogP contribution in [0.2, 0.25) is 0 Å². The van der Waals surface area contributed by atoms with Gasteiger partial charge in [-0.1, -0.05) is 30.3 Å². The summed E-state index contributed by atoms with van der Waals surface area (Å²) in [5.41, 5.74) is 4.52. The lowest BCUT2D eigenvalue weighted by atomic mass is 9.99. The summed E-state index contributed by atoms with van der Waals surface area (Å²) in [5, 5.41) is 2.95. The number of amides is 1. The lowest BCUT2D eigenvalue weighted by molar-refractivity contribution is 0.0949. The molecule has 3 heterocycles. The Morgan fingerprint density at radius 3 is 2.62 bits per heavy atom. The van der Waals surface area contributed by atoms with E-state index >= 15 is 0 Å². The zero-order valence-corrected chi connectivity index (χ0v) is 19.6. The molecule has 3 aromatic heterocycles. The van der Waals surface area contributed by atoms with E-state index in [-0.39, 0.29) is 16.9 Å². The van der Waals surface area contributed by atoms with Gasteiger partial charge in [-0.2, -0.15) is 0 Å². The van der Waals surface area contributed by atoms with Crippen LogP contribution in [0.4, 0.5) is 0 Å². The van der Waals surface area contributed by atoms with Crippen molar-refractivity contribution in [2.24, 2.45) is 0 Å². The minimum absolute atomic E-state index is 0.201. The number of imidazole rings is 1. The first-order chi connectivity index (χ1) is 16.5. The van der Waals surface area contributed by atoms with Crippen molar-refractivity contribution in [3.05, 3.63) is 117 Å². The monoisotopic (exact) mass is 455 g/mol. The molecule has 0 bridgehead atoms. The van der Waals surface area contributed by atoms with Crippen LogP contribution in [0.1, 0.15) is 45.0 Å². The van der Waals surface area contributed by atoms with Crippen molar-refractivity contribution in [2.75, 3.05) is 6.54 Å². The highest BCUT2D eigenvalue weighted by molar-refractivity contribution is 5.95. The summed E-state index contributed by atoms with van der Waals surface area (Å²) in [7, 11) is 0. The second-order valence-corrected chi connectivity index (χ2v) is 8.39. The molecule has 0 spiro atoms. The van der Waals surface area contributed by atoms with E-state index in [1.54, 1.807) is 24.8 Å². The lowest BCUT2D eigenvalue weighted by Gasteiger charge is -2.21. The van der Waals surface area contributed by atoms with Gasteiger partial charge in [-0.25, -0.2) is 4.98 Å². The summed E-state index contributed by atoms with van der Waals surface area (Å²) in [6.07, 6.45) is 8.34. The Labute approximate surface area is 199 Å². The molecule has 0 saturated heterocycles. The van der Waals surface area contributed by atoms with Crippen LogP contribution in [-0.2, 0) is 19.5 Å². The standard InChI is InChI=1S/C27H29N5O2/c1-20-8-3-4-9-22(20)17-24-26(27(34)30-12-7-14-31-15-13-28-19-31)25(33)16-21(2)32(24)18-23-10-5-6-11-29-23/h3-6,8-11,13,15-16,19H,7,12,14,17-18H2,1-2H3,(H,30,34). The molecule has 0 fully saturated rings. The van der Waals surface area contributed by atoms with Crippen molar-refractivity contribution in [2.45, 2.75) is 39.8 Å². The second kappa shape index (κ2) is 10.7. The van der Waals surface area contributed by atoms with Gasteiger partial charge in [0.05, 0.1) is 18.6 Å². The van der Waals surface area contributed by atoms with Crippen LogP contribution in [0.3, 0.4) is 0 Å². The van der Waals surface area contributed by atoms with E-state index in [1.807, 2.05) is 71.6 Å². The molecule has 7 heteroatoms. The zero-order chi connectivity index (χ0) is 23.9. The van der Waals surface area contributed by atoms with Crippen molar-refractivity contribution in [3.63, 3.8) is 0 Å². The topological polar surface area (TPSA) is 81.8 Å². The molecule has 0 saturated carbocycles. The predicted molar refractivity (Wildman–Crippen MR) is 132 cm³/mol. The molecule has 0 radical (unpaired) electrons. The normalized spacial score (nSPS) is 10.9. The number of benzene rings is 1. The molecule has 4 aromatic rings. The van der Waals surface area contributed by atoms with Gasteiger partial charge < -0.3 is 14.5 Å². The number of pyridine rings is 2. The van der Waals surface area contributed by atoms with Crippen molar-refractivity contribution in [3.8, 4) is 0 Å². The van der Waals surface area contributed by atoms with Crippen LogP contribution in [0, 0.1) is 13.8 Å². The summed E-state index contributed by atoms with van der Waals surface area (Å²) >= 11 is 0. The van der Waals surface area contributed by atoms with E-state index in [0.717, 1.165) is 35.5 Å². The van der Waals surface area contributed by atoms with E-state index < -0.39 is 0 Å². The minimum atomic E-state index is -0.339. The highest BCUT2D eigenvalue weighted by Crippen LogP contribution is 2.19. The number of aromatic nitrogens is 4. The van der Waals surface area contributed by atoms with Gasteiger partial charge in [-0.15, -0.1) is 0 Å². The Kier molecular flexibility index (Phi) is 7.32. The molecule has 34 heavy (non-hydrogen) atoms. The zero-order valence-electron chi connectivity index (χ0n) is 19.6. The Bertz CT molecular complexity index is 1310. The maximum absolute atomic E-state index is 13.3. The van der Waals surface area contributed by atoms with Crippen molar-refractivity contribution < 1.29 is 4.79 Å². The number of carbonyl (C=O) groups excluding carboxylic acids is 1. The molecule has 0 aliphatic carbocycles. The minimum Gasteiger partial charge on any atom is -0.352 e. The Balaban J connectivity index is 1.67. The Morgan fingerprint density at radius 2 is 1.88 bits per heavy atom. The van der Waals surface area contributed by atoms with Crippen LogP contribution < -0.4 is 10.7 Å². The number of carbonyl (C=O) groups is 1. The number of nitrogens with one attached hydrogen (secondary N) is 1. The smallest absolute Gasteiger partial charge is 0.257 e. The fourth-order valence-electron chi connectivity index (χ4n) is 4.09. The fraction of sp³-hybridized carbons (Fsp3) is 0.259. The van der Waals surface area contributed by atoms with Crippen LogP contribution in [0.25, 0.3) is 0 Å². The fourth-order valence-corrected chi connectivity index (χ4v) is 4.09. The summed E-state index contributed by atoms with van der Waals surface area (Å²) in [6, 6.07) is 15.4. The third kappa shape index (κ3) is 5.49. The van der Waals surface area contributed by atoms with Gasteiger partial charge in [0.15, 0.2) is 5.43 Å². The number of aryl methyl sites for hydroxylation is 3. The SMILES string of the molecule is Cc1ccccc1Cc1c(C(=O)NCCCn2ccnc2)c(=O)cc(C)n1Cc1ccccn1. The van der Waals surface area contributed by atoms with Gasteiger partial charge in [0.1, 0.15) is 5.56 Å². The first kappa shape index (κ1) is 23.2.